The number of halogens is 2. The van der Waals surface area contributed by atoms with Gasteiger partial charge in [-0.3, -0.25) is 4.99 Å². The molecule has 27 heavy (non-hydrogen) atoms. The van der Waals surface area contributed by atoms with Crippen molar-refractivity contribution in [2.45, 2.75) is 23.0 Å². The number of benzene rings is 2. The van der Waals surface area contributed by atoms with Crippen molar-refractivity contribution in [1.82, 2.24) is 5.32 Å². The van der Waals surface area contributed by atoms with E-state index in [1.807, 2.05) is 28.9 Å². The topological polar surface area (TPSA) is 36.9 Å². The molecule has 2 heterocycles. The maximum Gasteiger partial charge on any atom is 0.141 e. The van der Waals surface area contributed by atoms with Gasteiger partial charge in [0, 0.05) is 28.8 Å². The highest BCUT2D eigenvalue weighted by Gasteiger charge is 2.22. The molecular weight excluding hydrogens is 385 g/mol. The molecule has 4 rings (SSSR count). The number of hydrogen-bond donors (Lipinski definition) is 1. The minimum absolute atomic E-state index is 0.105. The molecule has 2 aliphatic rings. The highest BCUT2D eigenvalue weighted by atomic mass is 35.5. The number of anilines is 2. The highest BCUT2D eigenvalue weighted by molar-refractivity contribution is 8.00. The maximum absolute atomic E-state index is 13.5. The minimum Gasteiger partial charge on any atom is -0.496 e. The summed E-state index contributed by atoms with van der Waals surface area (Å²) in [5.74, 6) is 0.429. The molecule has 0 atom stereocenters. The third kappa shape index (κ3) is 3.93. The molecule has 142 valence electrons. The molecule has 2 aromatic rings. The normalized spacial score (nSPS) is 17.1. The zero-order valence-electron chi connectivity index (χ0n) is 15.0. The third-order valence-electron chi connectivity index (χ3n) is 4.85. The van der Waals surface area contributed by atoms with E-state index in [9.17, 15) is 4.39 Å². The second-order valence-electron chi connectivity index (χ2n) is 6.61. The molecule has 0 bridgehead atoms. The molecule has 4 nitrogen and oxygen atoms in total. The fourth-order valence-electron chi connectivity index (χ4n) is 3.42. The summed E-state index contributed by atoms with van der Waals surface area (Å²) in [6.07, 6.45) is 4.20. The van der Waals surface area contributed by atoms with Gasteiger partial charge in [-0.15, -0.1) is 11.8 Å². The summed E-state index contributed by atoms with van der Waals surface area (Å²) in [7, 11) is 1.70. The first-order chi connectivity index (χ1) is 13.2. The van der Waals surface area contributed by atoms with Crippen LogP contribution in [0.5, 0.6) is 5.75 Å². The molecule has 0 aromatic heterocycles. The lowest BCUT2D eigenvalue weighted by Gasteiger charge is -2.29. The van der Waals surface area contributed by atoms with Crippen LogP contribution < -0.4 is 15.0 Å². The van der Waals surface area contributed by atoms with E-state index in [1.54, 1.807) is 19.2 Å². The van der Waals surface area contributed by atoms with E-state index in [1.165, 1.54) is 6.07 Å². The van der Waals surface area contributed by atoms with E-state index in [0.717, 1.165) is 53.5 Å². The lowest BCUT2D eigenvalue weighted by atomic mass is 10.1. The largest absolute Gasteiger partial charge is 0.496 e. The molecule has 0 amide bonds. The molecule has 1 saturated heterocycles. The molecule has 1 N–H and O–H groups in total. The van der Waals surface area contributed by atoms with Crippen molar-refractivity contribution in [3.05, 3.63) is 46.7 Å². The Bertz CT molecular complexity index is 871. The van der Waals surface area contributed by atoms with Gasteiger partial charge < -0.3 is 15.0 Å². The van der Waals surface area contributed by atoms with E-state index < -0.39 is 5.82 Å². The van der Waals surface area contributed by atoms with Gasteiger partial charge in [-0.25, -0.2) is 4.39 Å². The second-order valence-corrected chi connectivity index (χ2v) is 8.36. The second kappa shape index (κ2) is 8.09. The predicted molar refractivity (Wildman–Crippen MR) is 111 cm³/mol. The number of thioether (sulfide) groups is 1. The first-order valence-corrected chi connectivity index (χ1v) is 10.2. The molecule has 0 aliphatic carbocycles. The maximum atomic E-state index is 13.5. The SMILES string of the molecule is COc1cc2c(cc1SC1CCNCC1)C=NCN2c1ccc(F)c(Cl)c1. The third-order valence-corrected chi connectivity index (χ3v) is 6.52. The lowest BCUT2D eigenvalue weighted by molar-refractivity contribution is 0.404. The molecule has 0 radical (unpaired) electrons. The van der Waals surface area contributed by atoms with Gasteiger partial charge in [0.15, 0.2) is 0 Å². The van der Waals surface area contributed by atoms with Crippen LogP contribution in [0.3, 0.4) is 0 Å². The van der Waals surface area contributed by atoms with Crippen LogP contribution in [-0.4, -0.2) is 38.3 Å². The van der Waals surface area contributed by atoms with E-state index in [4.69, 9.17) is 16.3 Å². The molecule has 0 unspecified atom stereocenters. The Morgan fingerprint density at radius 3 is 2.81 bits per heavy atom. The lowest BCUT2D eigenvalue weighted by Crippen LogP contribution is -2.29. The molecular formula is C20H21ClFN3OS. The van der Waals surface area contributed by atoms with Gasteiger partial charge in [-0.05, 0) is 50.2 Å². The van der Waals surface area contributed by atoms with Gasteiger partial charge in [0.2, 0.25) is 0 Å². The first-order valence-electron chi connectivity index (χ1n) is 8.97. The Morgan fingerprint density at radius 1 is 1.26 bits per heavy atom. The van der Waals surface area contributed by atoms with Crippen LogP contribution in [0.4, 0.5) is 15.8 Å². The monoisotopic (exact) mass is 405 g/mol. The summed E-state index contributed by atoms with van der Waals surface area (Å²) in [6, 6.07) is 8.92. The van der Waals surface area contributed by atoms with E-state index in [-0.39, 0.29) is 5.02 Å². The van der Waals surface area contributed by atoms with E-state index in [0.29, 0.717) is 11.9 Å². The standard InChI is InChI=1S/C20H21ClFN3OS/c1-26-19-10-18-13(8-20(19)27-15-4-6-23-7-5-15)11-24-12-25(18)14-2-3-17(22)16(21)9-14/h2-3,8-11,15,23H,4-7,12H2,1H3. The number of fused-ring (bicyclic) bond motifs is 1. The van der Waals surface area contributed by atoms with Gasteiger partial charge in [0.25, 0.3) is 0 Å². The van der Waals surface area contributed by atoms with Crippen molar-refractivity contribution in [3.8, 4) is 5.75 Å². The van der Waals surface area contributed by atoms with Gasteiger partial charge in [-0.1, -0.05) is 11.6 Å². The van der Waals surface area contributed by atoms with Crippen molar-refractivity contribution in [3.63, 3.8) is 0 Å². The van der Waals surface area contributed by atoms with Crippen molar-refractivity contribution < 1.29 is 9.13 Å². The fraction of sp³-hybridized carbons (Fsp3) is 0.350. The van der Waals surface area contributed by atoms with Crippen LogP contribution in [0.25, 0.3) is 0 Å². The summed E-state index contributed by atoms with van der Waals surface area (Å²) >= 11 is 7.85. The number of aliphatic imine (C=N–C) groups is 1. The Balaban J connectivity index is 1.68. The molecule has 2 aliphatic heterocycles. The summed E-state index contributed by atoms with van der Waals surface area (Å²) < 4.78 is 19.2. The molecule has 7 heteroatoms. The zero-order chi connectivity index (χ0) is 18.8. The van der Waals surface area contributed by atoms with Crippen molar-refractivity contribution in [1.29, 1.82) is 0 Å². The van der Waals surface area contributed by atoms with Crippen LogP contribution >= 0.6 is 23.4 Å². The highest BCUT2D eigenvalue weighted by Crippen LogP contribution is 2.42. The van der Waals surface area contributed by atoms with E-state index >= 15 is 0 Å². The van der Waals surface area contributed by atoms with Gasteiger partial charge in [-0.2, -0.15) is 0 Å². The quantitative estimate of drug-likeness (QED) is 0.788. The van der Waals surface area contributed by atoms with Gasteiger partial charge >= 0.3 is 0 Å². The fourth-order valence-corrected chi connectivity index (χ4v) is 4.88. The Morgan fingerprint density at radius 2 is 2.07 bits per heavy atom. The van der Waals surface area contributed by atoms with E-state index in [2.05, 4.69) is 16.4 Å². The van der Waals surface area contributed by atoms with Crippen molar-refractivity contribution in [2.24, 2.45) is 4.99 Å². The predicted octanol–water partition coefficient (Wildman–Crippen LogP) is 4.86. The van der Waals surface area contributed by atoms with Crippen molar-refractivity contribution >= 4 is 41.0 Å². The van der Waals surface area contributed by atoms with Crippen LogP contribution in [0.2, 0.25) is 5.02 Å². The number of rotatable bonds is 4. The summed E-state index contributed by atoms with van der Waals surface area (Å²) in [4.78, 5) is 7.62. The Labute approximate surface area is 167 Å². The molecule has 0 saturated carbocycles. The first kappa shape index (κ1) is 18.6. The van der Waals surface area contributed by atoms with Crippen LogP contribution in [0.15, 0.2) is 40.2 Å². The Kier molecular flexibility index (Phi) is 5.57. The van der Waals surface area contributed by atoms with Crippen LogP contribution in [0.1, 0.15) is 18.4 Å². The van der Waals surface area contributed by atoms with Gasteiger partial charge in [0.1, 0.15) is 18.2 Å². The summed E-state index contributed by atoms with van der Waals surface area (Å²) in [6.45, 7) is 2.58. The molecule has 1 fully saturated rings. The molecule has 0 spiro atoms. The number of piperidine rings is 1. The number of hydrogen-bond acceptors (Lipinski definition) is 5. The zero-order valence-corrected chi connectivity index (χ0v) is 16.6. The Hall–Kier alpha value is -1.76. The minimum atomic E-state index is -0.424. The number of nitrogens with zero attached hydrogens (tertiary/aromatic N) is 2. The number of ether oxygens (including phenoxy) is 1. The van der Waals surface area contributed by atoms with Crippen molar-refractivity contribution in [2.75, 3.05) is 31.8 Å². The summed E-state index contributed by atoms with van der Waals surface area (Å²) in [5.41, 5.74) is 2.82. The number of methoxy groups -OCH3 is 1. The van der Waals surface area contributed by atoms with Crippen LogP contribution in [-0.2, 0) is 0 Å². The number of nitrogens with one attached hydrogen (secondary N) is 1. The van der Waals surface area contributed by atoms with Crippen LogP contribution in [0, 0.1) is 5.82 Å². The molecule has 2 aromatic carbocycles. The average molecular weight is 406 g/mol. The summed E-state index contributed by atoms with van der Waals surface area (Å²) in [5, 5.41) is 4.10. The average Bonchev–Trinajstić information content (AvgIpc) is 2.70. The smallest absolute Gasteiger partial charge is 0.141 e. The van der Waals surface area contributed by atoms with Gasteiger partial charge in [0.05, 0.1) is 22.7 Å².